The normalized spacial score (nSPS) is 15.0. The Kier molecular flexibility index (Phi) is 37.8. The smallest absolute Gasteiger partial charge is 0.135 e. The highest BCUT2D eigenvalue weighted by Gasteiger charge is 2.26. The van der Waals surface area contributed by atoms with Crippen LogP contribution in [0.3, 0.4) is 0 Å². The van der Waals surface area contributed by atoms with Gasteiger partial charge < -0.3 is 24.8 Å². The summed E-state index contributed by atoms with van der Waals surface area (Å²) in [5.41, 5.74) is 6.22. The van der Waals surface area contributed by atoms with Crippen LogP contribution in [0.5, 0.6) is 0 Å². The molecule has 2 N–H and O–H groups in total. The quantitative estimate of drug-likeness (QED) is 0.0382. The molecule has 0 aliphatic carbocycles. The third-order valence-electron chi connectivity index (χ3n) is 10.6. The molecule has 6 heteroatoms. The topological polar surface area (TPSA) is 57.0 Å². The van der Waals surface area contributed by atoms with Gasteiger partial charge in [-0.15, -0.1) is 0 Å². The molecule has 1 aliphatic rings. The molecule has 0 saturated carbocycles. The molecule has 0 bridgehead atoms. The van der Waals surface area contributed by atoms with Crippen molar-refractivity contribution in [2.24, 2.45) is 5.73 Å². The number of ether oxygens (including phenoxy) is 3. The summed E-state index contributed by atoms with van der Waals surface area (Å²) in [5.74, 6) is 0. The second-order valence-corrected chi connectivity index (χ2v) is 16.1. The highest BCUT2D eigenvalue weighted by molar-refractivity contribution is 7.80. The largest absolute Gasteiger partial charge is 0.391 e. The van der Waals surface area contributed by atoms with E-state index in [2.05, 4.69) is 43.1 Å². The second-order valence-electron chi connectivity index (χ2n) is 15.6. The van der Waals surface area contributed by atoms with Crippen LogP contribution in [0.2, 0.25) is 0 Å². The van der Waals surface area contributed by atoms with Gasteiger partial charge in [0.15, 0.2) is 0 Å². The van der Waals surface area contributed by atoms with Gasteiger partial charge in [0, 0.05) is 19.8 Å². The molecule has 2 atom stereocenters. The maximum absolute atomic E-state index is 6.37. The fourth-order valence-electron chi connectivity index (χ4n) is 7.15. The molecule has 2 unspecified atom stereocenters. The minimum absolute atomic E-state index is 0.247. The Morgan fingerprint density at radius 1 is 0.538 bits per heavy atom. The molecule has 0 radical (unpaired) electrons. The summed E-state index contributed by atoms with van der Waals surface area (Å²) in [4.78, 5) is 2.87. The van der Waals surface area contributed by atoms with Crippen LogP contribution in [0.25, 0.3) is 0 Å². The molecule has 1 rings (SSSR count). The number of rotatable bonds is 41. The minimum atomic E-state index is -0.392. The molecule has 0 aromatic heterocycles. The van der Waals surface area contributed by atoms with E-state index in [1.165, 1.54) is 193 Å². The Bertz CT molecular complexity index is 800. The lowest BCUT2D eigenvalue weighted by Gasteiger charge is -2.27. The zero-order valence-electron chi connectivity index (χ0n) is 34.8. The third kappa shape index (κ3) is 32.6. The summed E-state index contributed by atoms with van der Waals surface area (Å²) in [5, 5.41) is 0. The number of hydrogen-bond acceptors (Lipinski definition) is 5. The van der Waals surface area contributed by atoms with Gasteiger partial charge >= 0.3 is 0 Å². The van der Waals surface area contributed by atoms with Gasteiger partial charge in [0.05, 0.1) is 13.2 Å². The van der Waals surface area contributed by atoms with Gasteiger partial charge in [0.25, 0.3) is 0 Å². The Morgan fingerprint density at radius 2 is 0.942 bits per heavy atom. The third-order valence-corrected chi connectivity index (χ3v) is 10.8. The summed E-state index contributed by atoms with van der Waals surface area (Å²) in [7, 11) is 0. The van der Waals surface area contributed by atoms with Gasteiger partial charge in [-0.3, -0.25) is 0 Å². The van der Waals surface area contributed by atoms with E-state index in [0.717, 1.165) is 26.0 Å². The number of hydrogen-bond donors (Lipinski definition) is 1. The van der Waals surface area contributed by atoms with Gasteiger partial charge in [-0.05, 0) is 90.1 Å². The number of nitrogens with zero attached hydrogens (tertiary/aromatic N) is 1. The van der Waals surface area contributed by atoms with E-state index in [-0.39, 0.29) is 6.10 Å². The van der Waals surface area contributed by atoms with E-state index in [4.69, 9.17) is 32.2 Å². The molecule has 1 heterocycles. The van der Waals surface area contributed by atoms with Crippen molar-refractivity contribution in [1.29, 1.82) is 0 Å². The van der Waals surface area contributed by atoms with E-state index in [1.54, 1.807) is 0 Å². The van der Waals surface area contributed by atoms with Gasteiger partial charge in [-0.2, -0.15) is 0 Å². The maximum atomic E-state index is 6.37. The van der Waals surface area contributed by atoms with Crippen LogP contribution >= 0.6 is 12.2 Å². The summed E-state index contributed by atoms with van der Waals surface area (Å²) in [6.45, 7) is 10.4. The summed E-state index contributed by atoms with van der Waals surface area (Å²) < 4.78 is 18.8. The van der Waals surface area contributed by atoms with E-state index in [0.29, 0.717) is 24.8 Å². The van der Waals surface area contributed by atoms with E-state index in [9.17, 15) is 0 Å². The molecule has 0 amide bonds. The minimum Gasteiger partial charge on any atom is -0.391 e. The highest BCUT2D eigenvalue weighted by Crippen LogP contribution is 2.15. The summed E-state index contributed by atoms with van der Waals surface area (Å²) in [6.07, 6.45) is 48.2. The van der Waals surface area contributed by atoms with E-state index >= 15 is 0 Å². The van der Waals surface area contributed by atoms with Crippen molar-refractivity contribution in [3.05, 3.63) is 24.3 Å². The Balaban J connectivity index is 2.17. The number of unbranched alkanes of at least 4 members (excludes halogenated alkanes) is 24. The molecular weight excluding hydrogens is 661 g/mol. The summed E-state index contributed by atoms with van der Waals surface area (Å²) >= 11 is 5.49. The Morgan fingerprint density at radius 3 is 1.38 bits per heavy atom. The zero-order chi connectivity index (χ0) is 37.4. The molecule has 5 nitrogen and oxygen atoms in total. The van der Waals surface area contributed by atoms with Gasteiger partial charge in [-0.1, -0.05) is 166 Å². The predicted molar refractivity (Wildman–Crippen MR) is 232 cm³/mol. The van der Waals surface area contributed by atoms with Crippen LogP contribution in [-0.4, -0.2) is 68.2 Å². The fraction of sp³-hybridized carbons (Fsp3) is 0.891. The molecule has 1 fully saturated rings. The first-order valence-electron chi connectivity index (χ1n) is 22.8. The van der Waals surface area contributed by atoms with Crippen molar-refractivity contribution in [3.8, 4) is 0 Å². The van der Waals surface area contributed by atoms with Gasteiger partial charge in [0.1, 0.15) is 17.2 Å². The Labute approximate surface area is 330 Å². The first kappa shape index (κ1) is 49.2. The first-order chi connectivity index (χ1) is 25.7. The van der Waals surface area contributed by atoms with Gasteiger partial charge in [-0.25, -0.2) is 0 Å². The number of thiocarbonyl (C=S) groups is 1. The molecule has 0 aromatic rings. The van der Waals surface area contributed by atoms with Crippen LogP contribution in [-0.2, 0) is 14.2 Å². The van der Waals surface area contributed by atoms with Crippen LogP contribution < -0.4 is 5.73 Å². The second kappa shape index (κ2) is 39.9. The predicted octanol–water partition coefficient (Wildman–Crippen LogP) is 13.2. The first-order valence-corrected chi connectivity index (χ1v) is 23.2. The zero-order valence-corrected chi connectivity index (χ0v) is 35.6. The lowest BCUT2D eigenvalue weighted by atomic mass is 10.1. The number of allylic oxidation sites excluding steroid dienone is 4. The Hall–Kier alpha value is -0.790. The van der Waals surface area contributed by atoms with Gasteiger partial charge in [0.2, 0.25) is 0 Å². The average molecular weight is 749 g/mol. The van der Waals surface area contributed by atoms with Crippen molar-refractivity contribution in [2.75, 3.05) is 46.1 Å². The van der Waals surface area contributed by atoms with E-state index < -0.39 is 6.10 Å². The summed E-state index contributed by atoms with van der Waals surface area (Å²) in [6, 6.07) is 0. The van der Waals surface area contributed by atoms with Crippen LogP contribution in [0.1, 0.15) is 206 Å². The average Bonchev–Trinajstić information content (AvgIpc) is 3.67. The maximum Gasteiger partial charge on any atom is 0.135 e. The molecule has 52 heavy (non-hydrogen) atoms. The lowest BCUT2D eigenvalue weighted by Crippen LogP contribution is -2.45. The SMILES string of the molecule is CCCCCCCC/C=C\CCCCCCCCOCC(OCCN1CCCC1)C(OCCCCCCCC/C=C\CCCCCCCC)C(N)=S. The molecule has 1 saturated heterocycles. The van der Waals surface area contributed by atoms with Crippen molar-refractivity contribution in [2.45, 2.75) is 219 Å². The van der Waals surface area contributed by atoms with Crippen LogP contribution in [0, 0.1) is 0 Å². The molecule has 0 spiro atoms. The molecule has 306 valence electrons. The highest BCUT2D eigenvalue weighted by atomic mass is 32.1. The van der Waals surface area contributed by atoms with Crippen LogP contribution in [0.15, 0.2) is 24.3 Å². The molecule has 1 aliphatic heterocycles. The van der Waals surface area contributed by atoms with Crippen LogP contribution in [0.4, 0.5) is 0 Å². The number of likely N-dealkylation sites (tertiary alicyclic amines) is 1. The molecule has 0 aromatic carbocycles. The van der Waals surface area contributed by atoms with Crippen molar-refractivity contribution >= 4 is 17.2 Å². The lowest BCUT2D eigenvalue weighted by molar-refractivity contribution is -0.0833. The molecular formula is C46H88N2O3S. The standard InChI is InChI=1S/C46H88N2O3S/c1-3-5-7-9-11-13-15-17-19-21-23-25-27-29-31-35-40-49-43-44(50-42-39-48-37-33-34-38-48)45(46(47)52)51-41-36-32-30-28-26-24-22-20-18-16-14-12-10-8-6-4-2/h17-20,44-45H,3-16,21-43H2,1-2H3,(H2,47,52)/b19-17-,20-18-. The monoisotopic (exact) mass is 749 g/mol. The van der Waals surface area contributed by atoms with E-state index in [1.807, 2.05) is 0 Å². The number of nitrogens with two attached hydrogens (primary N) is 1. The van der Waals surface area contributed by atoms with Crippen molar-refractivity contribution in [3.63, 3.8) is 0 Å². The fourth-order valence-corrected chi connectivity index (χ4v) is 7.37. The van der Waals surface area contributed by atoms with Crippen molar-refractivity contribution < 1.29 is 14.2 Å². The van der Waals surface area contributed by atoms with Crippen molar-refractivity contribution in [1.82, 2.24) is 4.90 Å².